The van der Waals surface area contributed by atoms with Crippen molar-refractivity contribution >= 4 is 11.3 Å². The van der Waals surface area contributed by atoms with Gasteiger partial charge in [-0.2, -0.15) is 0 Å². The Hall–Kier alpha value is -0.410. The number of ether oxygens (including phenoxy) is 1. The SMILES string of the molecule is COC(c1ncc(C(C)C)s1)C(C)(C)C. The summed E-state index contributed by atoms with van der Waals surface area (Å²) in [4.78, 5) is 5.80. The molecule has 0 radical (unpaired) electrons. The zero-order valence-corrected chi connectivity index (χ0v) is 11.3. The minimum Gasteiger partial charge on any atom is -0.374 e. The van der Waals surface area contributed by atoms with E-state index in [0.29, 0.717) is 5.92 Å². The van der Waals surface area contributed by atoms with Crippen molar-refractivity contribution in [3.05, 3.63) is 16.1 Å². The van der Waals surface area contributed by atoms with Gasteiger partial charge in [0.1, 0.15) is 11.1 Å². The molecule has 0 aliphatic heterocycles. The molecule has 0 saturated carbocycles. The summed E-state index contributed by atoms with van der Waals surface area (Å²) in [7, 11) is 1.76. The molecule has 0 aliphatic rings. The van der Waals surface area contributed by atoms with Crippen molar-refractivity contribution in [2.45, 2.75) is 46.6 Å². The summed E-state index contributed by atoms with van der Waals surface area (Å²) < 4.78 is 5.54. The molecule has 1 aromatic heterocycles. The number of hydrogen-bond acceptors (Lipinski definition) is 3. The minimum absolute atomic E-state index is 0.0926. The van der Waals surface area contributed by atoms with Gasteiger partial charge in [0.15, 0.2) is 0 Å². The van der Waals surface area contributed by atoms with Gasteiger partial charge in [-0.1, -0.05) is 34.6 Å². The van der Waals surface area contributed by atoms with Gasteiger partial charge in [-0.05, 0) is 11.3 Å². The van der Waals surface area contributed by atoms with Gasteiger partial charge in [-0.3, -0.25) is 0 Å². The molecule has 1 rings (SSSR count). The second-order valence-corrected chi connectivity index (χ2v) is 6.33. The molecule has 1 heterocycles. The molecular weight excluding hydrogens is 206 g/mol. The average molecular weight is 227 g/mol. The van der Waals surface area contributed by atoms with Crippen molar-refractivity contribution < 1.29 is 4.74 Å². The lowest BCUT2D eigenvalue weighted by Gasteiger charge is -2.27. The van der Waals surface area contributed by atoms with E-state index in [1.165, 1.54) is 4.88 Å². The first-order chi connectivity index (χ1) is 6.86. The summed E-state index contributed by atoms with van der Waals surface area (Å²) in [6, 6.07) is 0. The lowest BCUT2D eigenvalue weighted by Crippen LogP contribution is -2.19. The van der Waals surface area contributed by atoms with Gasteiger partial charge in [0.25, 0.3) is 0 Å². The third-order valence-corrected chi connectivity index (χ3v) is 3.70. The highest BCUT2D eigenvalue weighted by atomic mass is 32.1. The van der Waals surface area contributed by atoms with Crippen molar-refractivity contribution in [2.24, 2.45) is 5.41 Å². The Kier molecular flexibility index (Phi) is 3.90. The highest BCUT2D eigenvalue weighted by Gasteiger charge is 2.28. The normalized spacial score (nSPS) is 14.6. The van der Waals surface area contributed by atoms with E-state index in [4.69, 9.17) is 4.74 Å². The predicted molar refractivity (Wildman–Crippen MR) is 65.4 cm³/mol. The topological polar surface area (TPSA) is 22.1 Å². The van der Waals surface area contributed by atoms with Gasteiger partial charge in [0.2, 0.25) is 0 Å². The summed E-state index contributed by atoms with van der Waals surface area (Å²) in [6.45, 7) is 10.9. The molecule has 0 fully saturated rings. The maximum Gasteiger partial charge on any atom is 0.122 e. The summed E-state index contributed by atoms with van der Waals surface area (Å²) in [5, 5.41) is 1.09. The van der Waals surface area contributed by atoms with E-state index < -0.39 is 0 Å². The third kappa shape index (κ3) is 3.02. The van der Waals surface area contributed by atoms with E-state index >= 15 is 0 Å². The number of hydrogen-bond donors (Lipinski definition) is 0. The van der Waals surface area contributed by atoms with Crippen LogP contribution in [0.1, 0.15) is 56.5 Å². The van der Waals surface area contributed by atoms with Crippen LogP contribution < -0.4 is 0 Å². The average Bonchev–Trinajstić information content (AvgIpc) is 2.51. The molecule has 0 saturated heterocycles. The Bertz CT molecular complexity index is 312. The van der Waals surface area contributed by atoms with Gasteiger partial charge in [0, 0.05) is 18.2 Å². The lowest BCUT2D eigenvalue weighted by atomic mass is 9.89. The van der Waals surface area contributed by atoms with Gasteiger partial charge in [-0.25, -0.2) is 4.98 Å². The van der Waals surface area contributed by atoms with E-state index in [1.807, 2.05) is 6.20 Å². The number of thiazole rings is 1. The minimum atomic E-state index is 0.0926. The van der Waals surface area contributed by atoms with Gasteiger partial charge in [0.05, 0.1) is 0 Å². The molecule has 1 atom stereocenters. The van der Waals surface area contributed by atoms with Crippen LogP contribution in [-0.4, -0.2) is 12.1 Å². The van der Waals surface area contributed by atoms with Gasteiger partial charge < -0.3 is 4.74 Å². The van der Waals surface area contributed by atoms with Crippen molar-refractivity contribution in [1.29, 1.82) is 0 Å². The Labute approximate surface area is 96.7 Å². The summed E-state index contributed by atoms with van der Waals surface area (Å²) in [5.41, 5.74) is 0.0981. The molecule has 3 heteroatoms. The zero-order chi connectivity index (χ0) is 11.6. The van der Waals surface area contributed by atoms with Crippen LogP contribution in [0.5, 0.6) is 0 Å². The third-order valence-electron chi connectivity index (χ3n) is 2.36. The highest BCUT2D eigenvalue weighted by Crippen LogP contribution is 2.38. The monoisotopic (exact) mass is 227 g/mol. The van der Waals surface area contributed by atoms with E-state index in [2.05, 4.69) is 39.6 Å². The molecule has 1 unspecified atom stereocenters. The van der Waals surface area contributed by atoms with Crippen molar-refractivity contribution in [1.82, 2.24) is 4.98 Å². The standard InChI is InChI=1S/C12H21NOS/c1-8(2)9-7-13-11(15-9)10(14-6)12(3,4)5/h7-8,10H,1-6H3. The van der Waals surface area contributed by atoms with Crippen molar-refractivity contribution in [3.8, 4) is 0 Å². The van der Waals surface area contributed by atoms with Crippen LogP contribution in [0.4, 0.5) is 0 Å². The molecule has 2 nitrogen and oxygen atoms in total. The van der Waals surface area contributed by atoms with Crippen molar-refractivity contribution in [2.75, 3.05) is 7.11 Å². The van der Waals surface area contributed by atoms with E-state index in [-0.39, 0.29) is 11.5 Å². The van der Waals surface area contributed by atoms with Crippen LogP contribution in [0.2, 0.25) is 0 Å². The Balaban J connectivity index is 2.93. The van der Waals surface area contributed by atoms with Crippen LogP contribution in [-0.2, 0) is 4.74 Å². The summed E-state index contributed by atoms with van der Waals surface area (Å²) >= 11 is 1.76. The molecule has 1 aromatic rings. The van der Waals surface area contributed by atoms with Gasteiger partial charge >= 0.3 is 0 Å². The maximum atomic E-state index is 5.54. The number of nitrogens with zero attached hydrogens (tertiary/aromatic N) is 1. The number of methoxy groups -OCH3 is 1. The van der Waals surface area contributed by atoms with Crippen LogP contribution >= 0.6 is 11.3 Å². The first-order valence-corrected chi connectivity index (χ1v) is 6.16. The molecule has 0 amide bonds. The van der Waals surface area contributed by atoms with Crippen LogP contribution in [0.3, 0.4) is 0 Å². The summed E-state index contributed by atoms with van der Waals surface area (Å²) in [5.74, 6) is 0.550. The molecule has 0 aromatic carbocycles. The van der Waals surface area contributed by atoms with Gasteiger partial charge in [-0.15, -0.1) is 11.3 Å². The molecule has 0 bridgehead atoms. The predicted octanol–water partition coefficient (Wildman–Crippen LogP) is 4.00. The van der Waals surface area contributed by atoms with E-state index in [0.717, 1.165) is 5.01 Å². The van der Waals surface area contributed by atoms with Crippen LogP contribution in [0.15, 0.2) is 6.20 Å². The number of aromatic nitrogens is 1. The largest absolute Gasteiger partial charge is 0.374 e. The van der Waals surface area contributed by atoms with Crippen molar-refractivity contribution in [3.63, 3.8) is 0 Å². The van der Waals surface area contributed by atoms with E-state index in [9.17, 15) is 0 Å². The second kappa shape index (κ2) is 4.62. The Morgan fingerprint density at radius 3 is 2.27 bits per heavy atom. The molecule has 0 aliphatic carbocycles. The van der Waals surface area contributed by atoms with E-state index in [1.54, 1.807) is 18.4 Å². The first kappa shape index (κ1) is 12.7. The molecule has 86 valence electrons. The first-order valence-electron chi connectivity index (χ1n) is 5.34. The smallest absolute Gasteiger partial charge is 0.122 e. The second-order valence-electron chi connectivity index (χ2n) is 5.24. The lowest BCUT2D eigenvalue weighted by molar-refractivity contribution is 0.0150. The Morgan fingerprint density at radius 1 is 1.33 bits per heavy atom. The summed E-state index contributed by atoms with van der Waals surface area (Å²) in [6.07, 6.45) is 2.07. The Morgan fingerprint density at radius 2 is 1.93 bits per heavy atom. The quantitative estimate of drug-likeness (QED) is 0.778. The number of rotatable bonds is 3. The fourth-order valence-corrected chi connectivity index (χ4v) is 2.76. The van der Waals surface area contributed by atoms with Crippen LogP contribution in [0.25, 0.3) is 0 Å². The molecule has 0 N–H and O–H groups in total. The molecule has 15 heavy (non-hydrogen) atoms. The molecule has 0 spiro atoms. The highest BCUT2D eigenvalue weighted by molar-refractivity contribution is 7.11. The zero-order valence-electron chi connectivity index (χ0n) is 10.5. The van der Waals surface area contributed by atoms with Crippen LogP contribution in [0, 0.1) is 5.41 Å². The molecular formula is C12H21NOS. The fraction of sp³-hybridized carbons (Fsp3) is 0.750. The fourth-order valence-electron chi connectivity index (χ4n) is 1.51. The maximum absolute atomic E-state index is 5.54.